The molecule has 0 unspecified atom stereocenters. The number of methoxy groups -OCH3 is 1. The van der Waals surface area contributed by atoms with E-state index in [0.29, 0.717) is 48.7 Å². The van der Waals surface area contributed by atoms with Gasteiger partial charge in [-0.25, -0.2) is 4.39 Å². The van der Waals surface area contributed by atoms with Gasteiger partial charge in [-0.1, -0.05) is 32.8 Å². The maximum Gasteiger partial charge on any atom is 0.251 e. The summed E-state index contributed by atoms with van der Waals surface area (Å²) in [5, 5.41) is 14.7. The van der Waals surface area contributed by atoms with E-state index in [1.54, 1.807) is 24.4 Å². The lowest BCUT2D eigenvalue weighted by Crippen LogP contribution is -2.56. The predicted molar refractivity (Wildman–Crippen MR) is 173 cm³/mol. The number of pyridine rings is 1. The molecule has 0 radical (unpaired) electrons. The Hall–Kier alpha value is -4.31. The minimum absolute atomic E-state index is 0.0669. The Bertz CT molecular complexity index is 1640. The van der Waals surface area contributed by atoms with Crippen molar-refractivity contribution in [2.75, 3.05) is 20.2 Å². The first-order valence-corrected chi connectivity index (χ1v) is 15.8. The monoisotopic (exact) mass is 614 g/mol. The highest BCUT2D eigenvalue weighted by atomic mass is 19.1. The Morgan fingerprint density at radius 1 is 1.18 bits per heavy atom. The van der Waals surface area contributed by atoms with E-state index in [0.717, 1.165) is 47.1 Å². The number of carbonyl (C=O) groups is 2. The number of amides is 2. The summed E-state index contributed by atoms with van der Waals surface area (Å²) in [5.41, 5.74) is 4.29. The van der Waals surface area contributed by atoms with Crippen LogP contribution in [0.1, 0.15) is 67.6 Å². The van der Waals surface area contributed by atoms with Gasteiger partial charge in [0.1, 0.15) is 17.3 Å². The second-order valence-electron chi connectivity index (χ2n) is 12.1. The third-order valence-electron chi connectivity index (χ3n) is 8.65. The average molecular weight is 615 g/mol. The van der Waals surface area contributed by atoms with Crippen LogP contribution in [0.3, 0.4) is 0 Å². The lowest BCUT2D eigenvalue weighted by molar-refractivity contribution is -0.128. The maximum absolute atomic E-state index is 15.0. The fraction of sp³-hybridized carbons (Fsp3) is 0.429. The number of nitrogens with zero attached hydrogens (tertiary/aromatic N) is 3. The van der Waals surface area contributed by atoms with Gasteiger partial charge in [-0.15, -0.1) is 0 Å². The molecule has 238 valence electrons. The van der Waals surface area contributed by atoms with Crippen LogP contribution in [0.5, 0.6) is 5.75 Å². The number of nitrogens with one attached hydrogen (secondary N) is 3. The molecule has 1 fully saturated rings. The summed E-state index contributed by atoms with van der Waals surface area (Å²) < 4.78 is 20.5. The van der Waals surface area contributed by atoms with E-state index in [4.69, 9.17) is 4.74 Å². The lowest BCUT2D eigenvalue weighted by Gasteiger charge is -2.39. The van der Waals surface area contributed by atoms with Crippen LogP contribution in [-0.2, 0) is 11.3 Å². The van der Waals surface area contributed by atoms with Crippen molar-refractivity contribution >= 4 is 22.7 Å². The Balaban J connectivity index is 1.33. The number of carbonyl (C=O) groups excluding carboxylic acids is 2. The van der Waals surface area contributed by atoms with Gasteiger partial charge in [0.05, 0.1) is 18.7 Å². The molecule has 3 heterocycles. The van der Waals surface area contributed by atoms with Crippen LogP contribution in [0.25, 0.3) is 22.2 Å². The fourth-order valence-electron chi connectivity index (χ4n) is 6.10. The minimum atomic E-state index is -0.450. The van der Waals surface area contributed by atoms with E-state index >= 15 is 4.39 Å². The summed E-state index contributed by atoms with van der Waals surface area (Å²) in [6, 6.07) is 13.4. The molecule has 5 rings (SSSR count). The zero-order chi connectivity index (χ0) is 31.9. The average Bonchev–Trinajstić information content (AvgIpc) is 3.47. The number of hydrogen-bond acceptors (Lipinski definition) is 6. The van der Waals surface area contributed by atoms with Crippen molar-refractivity contribution < 1.29 is 18.7 Å². The van der Waals surface area contributed by atoms with E-state index in [1.807, 2.05) is 36.1 Å². The van der Waals surface area contributed by atoms with Crippen molar-refractivity contribution in [1.29, 1.82) is 0 Å². The van der Waals surface area contributed by atoms with Crippen LogP contribution in [0.4, 0.5) is 4.39 Å². The molecule has 0 saturated carbocycles. The molecule has 1 saturated heterocycles. The maximum atomic E-state index is 15.0. The van der Waals surface area contributed by atoms with Gasteiger partial charge in [-0.05, 0) is 74.6 Å². The van der Waals surface area contributed by atoms with Gasteiger partial charge in [0.2, 0.25) is 5.91 Å². The smallest absolute Gasteiger partial charge is 0.251 e. The van der Waals surface area contributed by atoms with Crippen molar-refractivity contribution in [1.82, 2.24) is 30.7 Å². The summed E-state index contributed by atoms with van der Waals surface area (Å²) in [4.78, 5) is 33.2. The highest BCUT2D eigenvalue weighted by Gasteiger charge is 2.35. The van der Waals surface area contributed by atoms with Crippen molar-refractivity contribution in [2.24, 2.45) is 5.92 Å². The number of aromatic nitrogens is 3. The van der Waals surface area contributed by atoms with Gasteiger partial charge in [0.25, 0.3) is 5.91 Å². The van der Waals surface area contributed by atoms with Gasteiger partial charge in [-0.2, -0.15) is 5.10 Å². The standard InChI is InChI=1S/C35H43FN6O3/c1-5-6-8-22(2)19-38-35(44)31-14-12-26(20-42(31)21-28-29(36)9-7-10-32(28)45-4)39-34(43)25-11-13-30-27(18-25)33(41-40-30)24-15-16-37-23(3)17-24/h7,9-11,13,15-18,22,26,31H,5-6,8,12,14,19-21H2,1-4H3,(H,38,44)(H,39,43)(H,40,41)/t22-,26-,31+/m1/s1. The largest absolute Gasteiger partial charge is 0.496 e. The summed E-state index contributed by atoms with van der Waals surface area (Å²) in [7, 11) is 1.51. The Morgan fingerprint density at radius 2 is 2.02 bits per heavy atom. The number of piperidine rings is 1. The van der Waals surface area contributed by atoms with Crippen LogP contribution in [-0.4, -0.2) is 64.2 Å². The van der Waals surface area contributed by atoms with E-state index < -0.39 is 6.04 Å². The Kier molecular flexibility index (Phi) is 10.4. The predicted octanol–water partition coefficient (Wildman–Crippen LogP) is 5.79. The van der Waals surface area contributed by atoms with E-state index in [1.165, 1.54) is 13.2 Å². The van der Waals surface area contributed by atoms with Crippen molar-refractivity contribution in [2.45, 2.75) is 71.5 Å². The molecule has 2 aromatic heterocycles. The SMILES string of the molecule is CCCC[C@@H](C)CNC(=O)[C@@H]1CC[C@@H](NC(=O)c2ccc3[nH]nc(-c4ccnc(C)c4)c3c2)CN1Cc1c(F)cccc1OC. The molecular formula is C35H43FN6O3. The summed E-state index contributed by atoms with van der Waals surface area (Å²) in [5.74, 6) is 0.141. The zero-order valence-corrected chi connectivity index (χ0v) is 26.5. The molecule has 2 amide bonds. The minimum Gasteiger partial charge on any atom is -0.496 e. The van der Waals surface area contributed by atoms with Crippen LogP contribution in [0.15, 0.2) is 54.7 Å². The number of unbranched alkanes of at least 4 members (excludes halogenated alkanes) is 1. The number of fused-ring (bicyclic) bond motifs is 1. The van der Waals surface area contributed by atoms with Gasteiger partial charge < -0.3 is 15.4 Å². The molecule has 9 nitrogen and oxygen atoms in total. The number of rotatable bonds is 12. The van der Waals surface area contributed by atoms with Crippen molar-refractivity contribution in [3.63, 3.8) is 0 Å². The van der Waals surface area contributed by atoms with Gasteiger partial charge in [-0.3, -0.25) is 24.6 Å². The highest BCUT2D eigenvalue weighted by Crippen LogP contribution is 2.29. The number of aromatic amines is 1. The van der Waals surface area contributed by atoms with Gasteiger partial charge >= 0.3 is 0 Å². The van der Waals surface area contributed by atoms with E-state index in [9.17, 15) is 9.59 Å². The topological polar surface area (TPSA) is 112 Å². The molecule has 4 aromatic rings. The number of ether oxygens (including phenoxy) is 1. The summed E-state index contributed by atoms with van der Waals surface area (Å²) >= 11 is 0. The van der Waals surface area contributed by atoms with Crippen LogP contribution >= 0.6 is 0 Å². The van der Waals surface area contributed by atoms with Gasteiger partial charge in [0, 0.05) is 59.6 Å². The van der Waals surface area contributed by atoms with E-state index in [-0.39, 0.29) is 30.2 Å². The summed E-state index contributed by atoms with van der Waals surface area (Å²) in [6.45, 7) is 7.41. The third-order valence-corrected chi connectivity index (χ3v) is 8.65. The molecule has 45 heavy (non-hydrogen) atoms. The molecule has 2 aromatic carbocycles. The van der Waals surface area contributed by atoms with Gasteiger partial charge in [0.15, 0.2) is 0 Å². The molecule has 1 aliphatic rings. The first-order valence-electron chi connectivity index (χ1n) is 15.8. The molecule has 10 heteroatoms. The van der Waals surface area contributed by atoms with Crippen molar-refractivity contribution in [3.8, 4) is 17.0 Å². The van der Waals surface area contributed by atoms with Crippen LogP contribution in [0.2, 0.25) is 0 Å². The molecular weight excluding hydrogens is 571 g/mol. The number of halogens is 1. The zero-order valence-electron chi connectivity index (χ0n) is 26.5. The molecule has 0 bridgehead atoms. The number of likely N-dealkylation sites (tertiary alicyclic amines) is 1. The lowest BCUT2D eigenvalue weighted by atomic mass is 9.95. The Morgan fingerprint density at radius 3 is 2.80 bits per heavy atom. The highest BCUT2D eigenvalue weighted by molar-refractivity contribution is 6.01. The van der Waals surface area contributed by atoms with Crippen molar-refractivity contribution in [3.05, 3.63) is 77.4 Å². The van der Waals surface area contributed by atoms with Crippen LogP contribution in [0, 0.1) is 18.7 Å². The fourth-order valence-corrected chi connectivity index (χ4v) is 6.10. The quantitative estimate of drug-likeness (QED) is 0.186. The molecule has 0 aliphatic carbocycles. The molecule has 0 spiro atoms. The van der Waals surface area contributed by atoms with Crippen LogP contribution < -0.4 is 15.4 Å². The first-order chi connectivity index (χ1) is 21.8. The first kappa shape index (κ1) is 32.1. The molecule has 3 N–H and O–H groups in total. The summed E-state index contributed by atoms with van der Waals surface area (Å²) in [6.07, 6.45) is 6.19. The number of hydrogen-bond donors (Lipinski definition) is 3. The number of aryl methyl sites for hydroxylation is 1. The molecule has 3 atom stereocenters. The molecule has 1 aliphatic heterocycles. The normalized spacial score (nSPS) is 17.6. The number of H-pyrrole nitrogens is 1. The number of benzene rings is 2. The Labute approximate surface area is 264 Å². The third kappa shape index (κ3) is 7.68. The van der Waals surface area contributed by atoms with E-state index in [2.05, 4.69) is 39.7 Å². The second kappa shape index (κ2) is 14.6. The second-order valence-corrected chi connectivity index (χ2v) is 12.1.